The highest BCUT2D eigenvalue weighted by Gasteiger charge is 2.25. The zero-order valence-electron chi connectivity index (χ0n) is 18.5. The van der Waals surface area contributed by atoms with Gasteiger partial charge in [-0.15, -0.1) is 0 Å². The molecular weight excluding hydrogens is 513 g/mol. The number of nitro benzene ring substituents is 2. The third-order valence-corrected chi connectivity index (χ3v) is 7.59. The Morgan fingerprint density at radius 1 is 0.857 bits per heavy atom. The van der Waals surface area contributed by atoms with Gasteiger partial charge in [-0.2, -0.15) is 4.39 Å². The monoisotopic (exact) mass is 535 g/mol. The maximum absolute atomic E-state index is 12.9. The lowest BCUT2D eigenvalue weighted by molar-refractivity contribution is -0.387. The molecule has 0 radical (unpaired) electrons. The fourth-order valence-corrected chi connectivity index (χ4v) is 4.42. The molecule has 2 aromatic rings. The summed E-state index contributed by atoms with van der Waals surface area (Å²) in [6.07, 6.45) is 0. The Balaban J connectivity index is 0.000000258. The molecule has 17 heteroatoms. The number of ether oxygens (including phenoxy) is 1. The van der Waals surface area contributed by atoms with E-state index in [2.05, 4.69) is 4.72 Å². The molecule has 0 bridgehead atoms. The summed E-state index contributed by atoms with van der Waals surface area (Å²) in [6.45, 7) is 2.07. The Bertz CT molecular complexity index is 1310. The van der Waals surface area contributed by atoms with Crippen molar-refractivity contribution in [1.29, 1.82) is 0 Å². The van der Waals surface area contributed by atoms with Crippen LogP contribution in [0.15, 0.2) is 46.2 Å². The van der Waals surface area contributed by atoms with E-state index in [4.69, 9.17) is 4.74 Å². The average Bonchev–Trinajstić information content (AvgIpc) is 2.84. The minimum absolute atomic E-state index is 0.122. The fourth-order valence-electron chi connectivity index (χ4n) is 2.92. The molecule has 1 saturated heterocycles. The number of nitrogens with one attached hydrogen (secondary N) is 2. The molecule has 0 saturated carbocycles. The quantitative estimate of drug-likeness (QED) is 0.381. The summed E-state index contributed by atoms with van der Waals surface area (Å²) < 4.78 is 68.0. The van der Waals surface area contributed by atoms with Crippen molar-refractivity contribution in [3.8, 4) is 0 Å². The molecule has 0 unspecified atom stereocenters. The largest absolute Gasteiger partial charge is 0.378 e. The van der Waals surface area contributed by atoms with Crippen LogP contribution in [0.4, 0.5) is 21.5 Å². The zero-order valence-corrected chi connectivity index (χ0v) is 20.1. The van der Waals surface area contributed by atoms with Crippen LogP contribution in [-0.4, -0.2) is 67.1 Å². The van der Waals surface area contributed by atoms with E-state index >= 15 is 0 Å². The Labute approximate surface area is 200 Å². The third-order valence-electron chi connectivity index (χ3n) is 4.77. The summed E-state index contributed by atoms with van der Waals surface area (Å²) in [6, 6.07) is 6.27. The molecule has 0 aromatic heterocycles. The van der Waals surface area contributed by atoms with Gasteiger partial charge in [-0.25, -0.2) is 26.3 Å². The van der Waals surface area contributed by atoms with Gasteiger partial charge in [0.05, 0.1) is 32.9 Å². The van der Waals surface area contributed by atoms with Gasteiger partial charge in [-0.3, -0.25) is 20.2 Å². The van der Waals surface area contributed by atoms with Crippen LogP contribution in [0.25, 0.3) is 0 Å². The highest BCUT2D eigenvalue weighted by molar-refractivity contribution is 7.89. The predicted octanol–water partition coefficient (Wildman–Crippen LogP) is 0.981. The van der Waals surface area contributed by atoms with Crippen LogP contribution in [0.1, 0.15) is 0 Å². The van der Waals surface area contributed by atoms with Crippen LogP contribution >= 0.6 is 0 Å². The number of hydrogen-bond acceptors (Lipinski definition) is 10. The minimum Gasteiger partial charge on any atom is -0.378 e. The summed E-state index contributed by atoms with van der Waals surface area (Å²) in [5.41, 5.74) is -0.678. The molecular formula is C18H22FN5O9S2. The van der Waals surface area contributed by atoms with Crippen molar-refractivity contribution in [2.75, 3.05) is 45.3 Å². The standard InChI is InChI=1S/C11H15N3O5S.C7H7FN2O4S/c1-12-20(17,18)9-2-3-10(11(8-9)14(15)16)13-4-6-19-7-5-13;1-9-15(13,14)5-2-3-6(8)7(4-5)10(11)12/h2-3,8,12H,4-7H2,1H3;2-4,9H,1H3. The SMILES string of the molecule is CNS(=O)(=O)c1ccc(F)c([N+](=O)[O-])c1.CNS(=O)(=O)c1ccc(N2CCOCC2)c([N+](=O)[O-])c1. The van der Waals surface area contributed by atoms with E-state index in [0.717, 1.165) is 25.2 Å². The summed E-state index contributed by atoms with van der Waals surface area (Å²) in [5, 5.41) is 21.5. The average molecular weight is 536 g/mol. The summed E-state index contributed by atoms with van der Waals surface area (Å²) in [5.74, 6) is -1.07. The molecule has 1 fully saturated rings. The van der Waals surface area contributed by atoms with Crippen molar-refractivity contribution in [3.05, 3.63) is 62.4 Å². The van der Waals surface area contributed by atoms with Crippen molar-refractivity contribution in [3.63, 3.8) is 0 Å². The lowest BCUT2D eigenvalue weighted by Gasteiger charge is -2.28. The Morgan fingerprint density at radius 3 is 1.77 bits per heavy atom. The van der Waals surface area contributed by atoms with Crippen molar-refractivity contribution in [1.82, 2.24) is 9.44 Å². The maximum atomic E-state index is 12.9. The molecule has 192 valence electrons. The van der Waals surface area contributed by atoms with Crippen LogP contribution in [0, 0.1) is 26.0 Å². The van der Waals surface area contributed by atoms with Gasteiger partial charge in [-0.1, -0.05) is 0 Å². The molecule has 2 aromatic carbocycles. The van der Waals surface area contributed by atoms with Gasteiger partial charge in [0.1, 0.15) is 5.69 Å². The molecule has 2 N–H and O–H groups in total. The number of benzene rings is 2. The topological polar surface area (TPSA) is 191 Å². The lowest BCUT2D eigenvalue weighted by atomic mass is 10.2. The molecule has 0 aliphatic carbocycles. The Hall–Kier alpha value is -3.25. The smallest absolute Gasteiger partial charge is 0.306 e. The fraction of sp³-hybridized carbons (Fsp3) is 0.333. The normalized spacial score (nSPS) is 14.1. The predicted molar refractivity (Wildman–Crippen MR) is 122 cm³/mol. The van der Waals surface area contributed by atoms with Crippen molar-refractivity contribution < 1.29 is 35.8 Å². The van der Waals surface area contributed by atoms with Gasteiger partial charge in [0, 0.05) is 25.2 Å². The second kappa shape index (κ2) is 11.5. The number of hydrogen-bond donors (Lipinski definition) is 2. The second-order valence-corrected chi connectivity index (χ2v) is 10.6. The van der Waals surface area contributed by atoms with E-state index in [0.29, 0.717) is 38.1 Å². The first-order chi connectivity index (χ1) is 16.3. The molecule has 3 rings (SSSR count). The zero-order chi connectivity index (χ0) is 26.4. The number of halogens is 1. The first-order valence-electron chi connectivity index (χ1n) is 9.76. The van der Waals surface area contributed by atoms with Crippen LogP contribution in [0.5, 0.6) is 0 Å². The summed E-state index contributed by atoms with van der Waals surface area (Å²) >= 11 is 0. The molecule has 0 atom stereocenters. The highest BCUT2D eigenvalue weighted by atomic mass is 32.2. The van der Waals surface area contributed by atoms with E-state index in [1.54, 1.807) is 0 Å². The lowest BCUT2D eigenvalue weighted by Crippen LogP contribution is -2.36. The first kappa shape index (κ1) is 28.0. The molecule has 0 spiro atoms. The Morgan fingerprint density at radius 2 is 1.31 bits per heavy atom. The van der Waals surface area contributed by atoms with E-state index in [1.807, 2.05) is 9.62 Å². The number of anilines is 1. The van der Waals surface area contributed by atoms with Gasteiger partial charge in [0.25, 0.3) is 5.69 Å². The molecule has 14 nitrogen and oxygen atoms in total. The number of rotatable bonds is 7. The van der Waals surface area contributed by atoms with Crippen LogP contribution in [0.2, 0.25) is 0 Å². The minimum atomic E-state index is -3.79. The van der Waals surface area contributed by atoms with Crippen molar-refractivity contribution >= 4 is 37.1 Å². The molecule has 1 heterocycles. The number of nitro groups is 2. The number of sulfonamides is 2. The first-order valence-corrected chi connectivity index (χ1v) is 12.7. The van der Waals surface area contributed by atoms with Gasteiger partial charge in [0.15, 0.2) is 0 Å². The van der Waals surface area contributed by atoms with Gasteiger partial charge >= 0.3 is 5.69 Å². The molecule has 1 aliphatic rings. The number of nitrogens with zero attached hydrogens (tertiary/aromatic N) is 3. The third kappa shape index (κ3) is 6.89. The van der Waals surface area contributed by atoms with Gasteiger partial charge in [0.2, 0.25) is 25.9 Å². The summed E-state index contributed by atoms with van der Waals surface area (Å²) in [7, 11) is -5.07. The molecule has 1 aliphatic heterocycles. The molecule has 35 heavy (non-hydrogen) atoms. The van der Waals surface area contributed by atoms with E-state index < -0.39 is 41.4 Å². The van der Waals surface area contributed by atoms with Gasteiger partial charge < -0.3 is 9.64 Å². The van der Waals surface area contributed by atoms with E-state index in [1.165, 1.54) is 19.2 Å². The number of morpholine rings is 1. The Kier molecular flexibility index (Phi) is 9.16. The van der Waals surface area contributed by atoms with Crippen LogP contribution < -0.4 is 14.3 Å². The van der Waals surface area contributed by atoms with Crippen LogP contribution in [-0.2, 0) is 24.8 Å². The van der Waals surface area contributed by atoms with Gasteiger partial charge in [-0.05, 0) is 38.4 Å². The van der Waals surface area contributed by atoms with Crippen LogP contribution in [0.3, 0.4) is 0 Å². The van der Waals surface area contributed by atoms with E-state index in [9.17, 15) is 41.5 Å². The van der Waals surface area contributed by atoms with Crippen molar-refractivity contribution in [2.45, 2.75) is 9.79 Å². The highest BCUT2D eigenvalue weighted by Crippen LogP contribution is 2.31. The summed E-state index contributed by atoms with van der Waals surface area (Å²) in [4.78, 5) is 21.3. The van der Waals surface area contributed by atoms with E-state index in [-0.39, 0.29) is 15.5 Å². The maximum Gasteiger partial charge on any atom is 0.306 e. The second-order valence-electron chi connectivity index (χ2n) is 6.79. The van der Waals surface area contributed by atoms with Crippen molar-refractivity contribution in [2.24, 2.45) is 0 Å². The molecule has 0 amide bonds.